The van der Waals surface area contributed by atoms with Crippen molar-refractivity contribution in [2.24, 2.45) is 10.7 Å². The SMILES string of the molecule is CN=CC=C(N)C(F)F. The minimum absolute atomic E-state index is 0.458. The van der Waals surface area contributed by atoms with Crippen LogP contribution in [0.4, 0.5) is 8.78 Å². The fourth-order valence-corrected chi connectivity index (χ4v) is 0.233. The molecule has 0 aromatic carbocycles. The van der Waals surface area contributed by atoms with Gasteiger partial charge in [-0.15, -0.1) is 0 Å². The Hall–Kier alpha value is -0.930. The maximum atomic E-state index is 11.5. The lowest BCUT2D eigenvalue weighted by Crippen LogP contribution is -2.07. The summed E-state index contributed by atoms with van der Waals surface area (Å²) in [6.45, 7) is 0. The predicted octanol–water partition coefficient (Wildman–Crippen LogP) is 0.795. The molecule has 0 radical (unpaired) electrons. The van der Waals surface area contributed by atoms with Crippen molar-refractivity contribution in [3.8, 4) is 0 Å². The number of nitrogens with two attached hydrogens (primary N) is 1. The Morgan fingerprint density at radius 3 is 2.56 bits per heavy atom. The maximum absolute atomic E-state index is 11.5. The smallest absolute Gasteiger partial charge is 0.277 e. The van der Waals surface area contributed by atoms with E-state index in [0.717, 1.165) is 6.08 Å². The van der Waals surface area contributed by atoms with Gasteiger partial charge in [-0.2, -0.15) is 0 Å². The maximum Gasteiger partial charge on any atom is 0.277 e. The molecule has 9 heavy (non-hydrogen) atoms. The molecule has 0 spiro atoms. The van der Waals surface area contributed by atoms with Gasteiger partial charge in [0.15, 0.2) is 0 Å². The minimum Gasteiger partial charge on any atom is -0.397 e. The zero-order valence-corrected chi connectivity index (χ0v) is 5.01. The number of halogens is 2. The van der Waals surface area contributed by atoms with E-state index in [9.17, 15) is 8.78 Å². The lowest BCUT2D eigenvalue weighted by Gasteiger charge is -1.93. The third-order valence-corrected chi connectivity index (χ3v) is 0.668. The van der Waals surface area contributed by atoms with Gasteiger partial charge in [-0.05, 0) is 6.08 Å². The number of nitrogens with zero attached hydrogens (tertiary/aromatic N) is 1. The summed E-state index contributed by atoms with van der Waals surface area (Å²) >= 11 is 0. The number of allylic oxidation sites excluding steroid dienone is 2. The first-order valence-corrected chi connectivity index (χ1v) is 2.34. The van der Waals surface area contributed by atoms with Crippen molar-refractivity contribution in [1.82, 2.24) is 0 Å². The topological polar surface area (TPSA) is 38.4 Å². The molecule has 0 aliphatic rings. The molecule has 0 fully saturated rings. The Bertz CT molecular complexity index is 129. The van der Waals surface area contributed by atoms with Crippen LogP contribution in [0.25, 0.3) is 0 Å². The molecule has 0 saturated carbocycles. The van der Waals surface area contributed by atoms with E-state index in [0.29, 0.717) is 0 Å². The van der Waals surface area contributed by atoms with Crippen molar-refractivity contribution < 1.29 is 8.78 Å². The first-order chi connectivity index (χ1) is 4.18. The van der Waals surface area contributed by atoms with Gasteiger partial charge >= 0.3 is 0 Å². The summed E-state index contributed by atoms with van der Waals surface area (Å²) in [4.78, 5) is 3.44. The Kier molecular flexibility index (Phi) is 3.59. The summed E-state index contributed by atoms with van der Waals surface area (Å²) in [5.74, 6) is 0. The van der Waals surface area contributed by atoms with E-state index in [1.165, 1.54) is 13.3 Å². The van der Waals surface area contributed by atoms with Crippen molar-refractivity contribution in [3.63, 3.8) is 0 Å². The molecule has 0 aromatic heterocycles. The van der Waals surface area contributed by atoms with Gasteiger partial charge in [-0.25, -0.2) is 8.78 Å². The van der Waals surface area contributed by atoms with Crippen LogP contribution in [-0.4, -0.2) is 19.7 Å². The van der Waals surface area contributed by atoms with Gasteiger partial charge in [-0.1, -0.05) is 0 Å². The average molecular weight is 134 g/mol. The van der Waals surface area contributed by atoms with Gasteiger partial charge in [0.2, 0.25) is 0 Å². The Balaban J connectivity index is 3.84. The number of hydrogen-bond acceptors (Lipinski definition) is 2. The molecule has 0 atom stereocenters. The second-order valence-corrected chi connectivity index (χ2v) is 1.37. The van der Waals surface area contributed by atoms with Crippen molar-refractivity contribution in [3.05, 3.63) is 11.8 Å². The van der Waals surface area contributed by atoms with Crippen LogP contribution in [0.3, 0.4) is 0 Å². The molecular weight excluding hydrogens is 126 g/mol. The molecule has 0 heterocycles. The molecule has 0 aliphatic carbocycles. The van der Waals surface area contributed by atoms with Crippen molar-refractivity contribution >= 4 is 6.21 Å². The van der Waals surface area contributed by atoms with Gasteiger partial charge in [0.25, 0.3) is 6.43 Å². The van der Waals surface area contributed by atoms with E-state index < -0.39 is 12.1 Å². The fraction of sp³-hybridized carbons (Fsp3) is 0.400. The van der Waals surface area contributed by atoms with Crippen LogP contribution in [0, 0.1) is 0 Å². The van der Waals surface area contributed by atoms with E-state index in [2.05, 4.69) is 4.99 Å². The van der Waals surface area contributed by atoms with E-state index >= 15 is 0 Å². The molecule has 0 bridgehead atoms. The molecule has 0 unspecified atom stereocenters. The zero-order chi connectivity index (χ0) is 7.28. The summed E-state index contributed by atoms with van der Waals surface area (Å²) in [6.07, 6.45) is -0.283. The van der Waals surface area contributed by atoms with Gasteiger partial charge < -0.3 is 5.73 Å². The molecule has 0 amide bonds. The van der Waals surface area contributed by atoms with Crippen molar-refractivity contribution in [2.45, 2.75) is 6.43 Å². The van der Waals surface area contributed by atoms with E-state index in [1.54, 1.807) is 0 Å². The third-order valence-electron chi connectivity index (χ3n) is 0.668. The highest BCUT2D eigenvalue weighted by Crippen LogP contribution is 1.98. The van der Waals surface area contributed by atoms with Crippen LogP contribution >= 0.6 is 0 Å². The van der Waals surface area contributed by atoms with Crippen LogP contribution in [0.5, 0.6) is 0 Å². The average Bonchev–Trinajstić information content (AvgIpc) is 1.82. The summed E-state index contributed by atoms with van der Waals surface area (Å²) < 4.78 is 23.0. The summed E-state index contributed by atoms with van der Waals surface area (Å²) in [6, 6.07) is 0. The van der Waals surface area contributed by atoms with Crippen molar-refractivity contribution in [1.29, 1.82) is 0 Å². The van der Waals surface area contributed by atoms with E-state index in [1.807, 2.05) is 0 Å². The molecule has 0 rings (SSSR count). The highest BCUT2D eigenvalue weighted by atomic mass is 19.3. The van der Waals surface area contributed by atoms with Gasteiger partial charge in [0, 0.05) is 13.3 Å². The molecule has 52 valence electrons. The second kappa shape index (κ2) is 4.00. The molecule has 4 heteroatoms. The highest BCUT2D eigenvalue weighted by molar-refractivity contribution is 5.71. The quantitative estimate of drug-likeness (QED) is 0.557. The van der Waals surface area contributed by atoms with E-state index in [-0.39, 0.29) is 0 Å². The van der Waals surface area contributed by atoms with Crippen LogP contribution in [0.15, 0.2) is 16.8 Å². The molecular formula is C5H8F2N2. The number of hydrogen-bond donors (Lipinski definition) is 1. The highest BCUT2D eigenvalue weighted by Gasteiger charge is 2.02. The lowest BCUT2D eigenvalue weighted by molar-refractivity contribution is 0.188. The molecule has 0 saturated heterocycles. The summed E-state index contributed by atoms with van der Waals surface area (Å²) in [7, 11) is 1.48. The lowest BCUT2D eigenvalue weighted by atomic mass is 10.4. The van der Waals surface area contributed by atoms with Crippen LogP contribution < -0.4 is 5.73 Å². The summed E-state index contributed by atoms with van der Waals surface area (Å²) in [5.41, 5.74) is 4.36. The number of rotatable bonds is 2. The Labute approximate surface area is 52.1 Å². The molecule has 2 nitrogen and oxygen atoms in total. The zero-order valence-electron chi connectivity index (χ0n) is 5.01. The predicted molar refractivity (Wildman–Crippen MR) is 32.7 cm³/mol. The van der Waals surface area contributed by atoms with Gasteiger partial charge in [0.1, 0.15) is 0 Å². The summed E-state index contributed by atoms with van der Waals surface area (Å²) in [5, 5.41) is 0. The number of alkyl halides is 2. The first kappa shape index (κ1) is 8.07. The van der Waals surface area contributed by atoms with Gasteiger partial charge in [-0.3, -0.25) is 4.99 Å². The van der Waals surface area contributed by atoms with Gasteiger partial charge in [0.05, 0.1) is 5.70 Å². The Morgan fingerprint density at radius 1 is 1.67 bits per heavy atom. The fourth-order valence-electron chi connectivity index (χ4n) is 0.233. The minimum atomic E-state index is -2.58. The third kappa shape index (κ3) is 3.64. The van der Waals surface area contributed by atoms with Crippen LogP contribution in [0.2, 0.25) is 0 Å². The standard InChI is InChI=1S/C5H8F2N2/c1-9-3-2-4(8)5(6)7/h2-3,5H,8H2,1H3. The van der Waals surface area contributed by atoms with Crippen LogP contribution in [-0.2, 0) is 0 Å². The second-order valence-electron chi connectivity index (χ2n) is 1.37. The normalized spacial score (nSPS) is 13.6. The monoisotopic (exact) mass is 134 g/mol. The number of aliphatic imine (C=N–C) groups is 1. The largest absolute Gasteiger partial charge is 0.397 e. The molecule has 0 aromatic rings. The van der Waals surface area contributed by atoms with Crippen molar-refractivity contribution in [2.75, 3.05) is 7.05 Å². The molecule has 2 N–H and O–H groups in total. The van der Waals surface area contributed by atoms with Crippen LogP contribution in [0.1, 0.15) is 0 Å². The van der Waals surface area contributed by atoms with E-state index in [4.69, 9.17) is 5.73 Å². The first-order valence-electron chi connectivity index (χ1n) is 2.34. The molecule has 0 aliphatic heterocycles. The Morgan fingerprint density at radius 2 is 2.22 bits per heavy atom.